The van der Waals surface area contributed by atoms with Gasteiger partial charge in [0.05, 0.1) is 12.8 Å². The maximum absolute atomic E-state index is 12.9. The van der Waals surface area contributed by atoms with Crippen LogP contribution in [-0.4, -0.2) is 18.9 Å². The Morgan fingerprint density at radius 1 is 1.00 bits per heavy atom. The highest BCUT2D eigenvalue weighted by molar-refractivity contribution is 6.53. The fourth-order valence-corrected chi connectivity index (χ4v) is 3.03. The summed E-state index contributed by atoms with van der Waals surface area (Å²) in [5, 5.41) is 3.27. The van der Waals surface area contributed by atoms with Gasteiger partial charge in [0.1, 0.15) is 16.5 Å². The number of amides is 2. The van der Waals surface area contributed by atoms with Crippen molar-refractivity contribution in [2.45, 2.75) is 13.8 Å². The molecule has 7 heteroatoms. The van der Waals surface area contributed by atoms with E-state index in [0.717, 1.165) is 10.5 Å². The van der Waals surface area contributed by atoms with Gasteiger partial charge in [0.25, 0.3) is 11.8 Å². The molecule has 0 saturated heterocycles. The Hall–Kier alpha value is -2.50. The van der Waals surface area contributed by atoms with Gasteiger partial charge in [0, 0.05) is 16.8 Å². The molecule has 26 heavy (non-hydrogen) atoms. The standard InChI is InChI=1S/C19H16Cl2N2O3/c1-10-6-4-5-7-13(10)22-17-16(21)18(24)23(19(17)25)14-8-11(2)12(20)9-15(14)26-3/h4-9,22H,1-3H3. The Morgan fingerprint density at radius 2 is 1.69 bits per heavy atom. The van der Waals surface area contributed by atoms with Gasteiger partial charge in [-0.1, -0.05) is 41.4 Å². The van der Waals surface area contributed by atoms with Crippen molar-refractivity contribution in [3.05, 3.63) is 63.3 Å². The third-order valence-electron chi connectivity index (χ3n) is 4.13. The zero-order chi connectivity index (χ0) is 19.0. The third kappa shape index (κ3) is 3.04. The highest BCUT2D eigenvalue weighted by Gasteiger charge is 2.40. The van der Waals surface area contributed by atoms with E-state index >= 15 is 0 Å². The molecule has 1 aliphatic heterocycles. The second-order valence-electron chi connectivity index (χ2n) is 5.85. The summed E-state index contributed by atoms with van der Waals surface area (Å²) >= 11 is 12.3. The number of ether oxygens (including phenoxy) is 1. The first-order valence-electron chi connectivity index (χ1n) is 7.80. The smallest absolute Gasteiger partial charge is 0.283 e. The highest BCUT2D eigenvalue weighted by Crippen LogP contribution is 2.38. The van der Waals surface area contributed by atoms with Crippen LogP contribution in [0.25, 0.3) is 0 Å². The molecule has 3 rings (SSSR count). The van der Waals surface area contributed by atoms with Crippen LogP contribution in [0.2, 0.25) is 5.02 Å². The van der Waals surface area contributed by atoms with E-state index in [1.54, 1.807) is 25.1 Å². The number of halogens is 2. The summed E-state index contributed by atoms with van der Waals surface area (Å²) in [5.74, 6) is -0.861. The van der Waals surface area contributed by atoms with E-state index in [1.165, 1.54) is 7.11 Å². The summed E-state index contributed by atoms with van der Waals surface area (Å²) < 4.78 is 5.29. The van der Waals surface area contributed by atoms with Crippen LogP contribution < -0.4 is 15.0 Å². The van der Waals surface area contributed by atoms with E-state index in [1.807, 2.05) is 25.1 Å². The Morgan fingerprint density at radius 3 is 2.35 bits per heavy atom. The van der Waals surface area contributed by atoms with Gasteiger partial charge in [-0.05, 0) is 37.1 Å². The van der Waals surface area contributed by atoms with Gasteiger partial charge in [-0.25, -0.2) is 4.90 Å². The van der Waals surface area contributed by atoms with Crippen molar-refractivity contribution in [1.29, 1.82) is 0 Å². The van der Waals surface area contributed by atoms with Gasteiger partial charge in [0.15, 0.2) is 0 Å². The number of hydrogen-bond donors (Lipinski definition) is 1. The van der Waals surface area contributed by atoms with Crippen molar-refractivity contribution in [3.8, 4) is 5.75 Å². The lowest BCUT2D eigenvalue weighted by Crippen LogP contribution is -2.32. The molecular formula is C19H16Cl2N2O3. The average molecular weight is 391 g/mol. The van der Waals surface area contributed by atoms with E-state index < -0.39 is 11.8 Å². The van der Waals surface area contributed by atoms with Gasteiger partial charge in [-0.2, -0.15) is 0 Å². The summed E-state index contributed by atoms with van der Waals surface area (Å²) in [5.41, 5.74) is 2.65. The predicted octanol–water partition coefficient (Wildman–Crippen LogP) is 4.40. The molecule has 0 aliphatic carbocycles. The summed E-state index contributed by atoms with van der Waals surface area (Å²) in [6.07, 6.45) is 0. The highest BCUT2D eigenvalue weighted by atomic mass is 35.5. The molecule has 5 nitrogen and oxygen atoms in total. The molecule has 0 saturated carbocycles. The first kappa shape index (κ1) is 18.3. The number of nitrogens with one attached hydrogen (secondary N) is 1. The van der Waals surface area contributed by atoms with Crippen LogP contribution in [0, 0.1) is 13.8 Å². The fourth-order valence-electron chi connectivity index (χ4n) is 2.66. The second kappa shape index (κ2) is 7.02. The maximum atomic E-state index is 12.9. The second-order valence-corrected chi connectivity index (χ2v) is 6.63. The van der Waals surface area contributed by atoms with Crippen molar-refractivity contribution in [3.63, 3.8) is 0 Å². The number of para-hydroxylation sites is 1. The fraction of sp³-hybridized carbons (Fsp3) is 0.158. The van der Waals surface area contributed by atoms with Crippen molar-refractivity contribution < 1.29 is 14.3 Å². The van der Waals surface area contributed by atoms with E-state index in [9.17, 15) is 9.59 Å². The molecule has 0 fully saturated rings. The van der Waals surface area contributed by atoms with Gasteiger partial charge in [-0.3, -0.25) is 9.59 Å². The maximum Gasteiger partial charge on any atom is 0.283 e. The van der Waals surface area contributed by atoms with Crippen LogP contribution in [-0.2, 0) is 9.59 Å². The van der Waals surface area contributed by atoms with E-state index in [-0.39, 0.29) is 10.7 Å². The minimum Gasteiger partial charge on any atom is -0.494 e. The van der Waals surface area contributed by atoms with Crippen LogP contribution in [0.4, 0.5) is 11.4 Å². The lowest BCUT2D eigenvalue weighted by atomic mass is 10.2. The van der Waals surface area contributed by atoms with Gasteiger partial charge >= 0.3 is 0 Å². The molecule has 0 spiro atoms. The van der Waals surface area contributed by atoms with Crippen LogP contribution in [0.1, 0.15) is 11.1 Å². The van der Waals surface area contributed by atoms with E-state index in [0.29, 0.717) is 27.7 Å². The van der Waals surface area contributed by atoms with Crippen molar-refractivity contribution >= 4 is 46.4 Å². The Kier molecular flexibility index (Phi) is 4.94. The Labute approximate surface area is 161 Å². The summed E-state index contributed by atoms with van der Waals surface area (Å²) in [6, 6.07) is 10.6. The predicted molar refractivity (Wildman–Crippen MR) is 103 cm³/mol. The molecule has 0 atom stereocenters. The largest absolute Gasteiger partial charge is 0.494 e. The van der Waals surface area contributed by atoms with Crippen LogP contribution >= 0.6 is 23.2 Å². The van der Waals surface area contributed by atoms with Gasteiger partial charge in [0.2, 0.25) is 0 Å². The first-order valence-corrected chi connectivity index (χ1v) is 8.56. The average Bonchev–Trinajstić information content (AvgIpc) is 2.82. The van der Waals surface area contributed by atoms with Crippen molar-refractivity contribution in [2.75, 3.05) is 17.3 Å². The van der Waals surface area contributed by atoms with E-state index in [2.05, 4.69) is 5.32 Å². The number of aryl methyl sites for hydroxylation is 2. The molecule has 2 aromatic rings. The summed E-state index contributed by atoms with van der Waals surface area (Å²) in [6.45, 7) is 3.67. The molecule has 2 aromatic carbocycles. The minimum atomic E-state index is -0.618. The topological polar surface area (TPSA) is 58.6 Å². The van der Waals surface area contributed by atoms with Crippen LogP contribution in [0.3, 0.4) is 0 Å². The number of nitrogens with zero attached hydrogens (tertiary/aromatic N) is 1. The molecule has 134 valence electrons. The van der Waals surface area contributed by atoms with Gasteiger partial charge in [-0.15, -0.1) is 0 Å². The van der Waals surface area contributed by atoms with Crippen LogP contribution in [0.15, 0.2) is 47.1 Å². The zero-order valence-corrected chi connectivity index (χ0v) is 15.9. The molecule has 0 aromatic heterocycles. The number of carbonyl (C=O) groups is 2. The van der Waals surface area contributed by atoms with Crippen molar-refractivity contribution in [2.24, 2.45) is 0 Å². The SMILES string of the molecule is COc1cc(Cl)c(C)cc1N1C(=O)C(Cl)=C(Nc2ccccc2C)C1=O. The molecular weight excluding hydrogens is 375 g/mol. The van der Waals surface area contributed by atoms with Gasteiger partial charge < -0.3 is 10.1 Å². The molecule has 1 heterocycles. The lowest BCUT2D eigenvalue weighted by Gasteiger charge is -2.19. The first-order chi connectivity index (χ1) is 12.3. The number of carbonyl (C=O) groups excluding carboxylic acids is 2. The third-order valence-corrected chi connectivity index (χ3v) is 4.89. The van der Waals surface area contributed by atoms with E-state index in [4.69, 9.17) is 27.9 Å². The molecule has 0 unspecified atom stereocenters. The number of rotatable bonds is 4. The van der Waals surface area contributed by atoms with Crippen molar-refractivity contribution in [1.82, 2.24) is 0 Å². The molecule has 2 amide bonds. The Bertz CT molecular complexity index is 954. The summed E-state index contributed by atoms with van der Waals surface area (Å²) in [4.78, 5) is 26.6. The molecule has 0 radical (unpaired) electrons. The quantitative estimate of drug-likeness (QED) is 0.785. The lowest BCUT2D eigenvalue weighted by molar-refractivity contribution is -0.120. The molecule has 1 N–H and O–H groups in total. The summed E-state index contributed by atoms with van der Waals surface area (Å²) in [7, 11) is 1.44. The number of anilines is 2. The number of imide groups is 1. The number of methoxy groups -OCH3 is 1. The number of hydrogen-bond acceptors (Lipinski definition) is 4. The van der Waals surface area contributed by atoms with Crippen LogP contribution in [0.5, 0.6) is 5.75 Å². The minimum absolute atomic E-state index is 0.0284. The zero-order valence-electron chi connectivity index (χ0n) is 14.4. The monoisotopic (exact) mass is 390 g/mol. The molecule has 0 bridgehead atoms. The number of benzene rings is 2. The normalized spacial score (nSPS) is 14.3. The Balaban J connectivity index is 2.02. The molecule has 1 aliphatic rings.